The van der Waals surface area contributed by atoms with Gasteiger partial charge in [0.05, 0.1) is 5.69 Å². The predicted molar refractivity (Wildman–Crippen MR) is 74.7 cm³/mol. The number of anilines is 1. The van der Waals surface area contributed by atoms with Crippen molar-refractivity contribution in [3.8, 4) is 0 Å². The van der Waals surface area contributed by atoms with E-state index in [9.17, 15) is 14.0 Å². The van der Waals surface area contributed by atoms with Crippen molar-refractivity contribution in [3.05, 3.63) is 30.1 Å². The number of nitrogens with zero attached hydrogens (tertiary/aromatic N) is 1. The van der Waals surface area contributed by atoms with Gasteiger partial charge in [0.2, 0.25) is 0 Å². The Labute approximate surface area is 118 Å². The van der Waals surface area contributed by atoms with Crippen LogP contribution < -0.4 is 5.32 Å². The molecule has 0 atom stereocenters. The van der Waals surface area contributed by atoms with Gasteiger partial charge in [0.1, 0.15) is 5.82 Å². The zero-order chi connectivity index (χ0) is 14.5. The Morgan fingerprint density at radius 3 is 2.50 bits per heavy atom. The standard InChI is InChI=1S/C15H19FN2O2/c1-18(11-7-3-2-4-8-11)15(20)14(19)17-13-10-6-5-9-12(13)16/h5-6,9-11H,2-4,7-8H2,1H3,(H,17,19). The molecule has 1 aromatic rings. The van der Waals surface area contributed by atoms with Crippen molar-refractivity contribution in [1.29, 1.82) is 0 Å². The minimum absolute atomic E-state index is 0.0305. The molecule has 0 spiro atoms. The van der Waals surface area contributed by atoms with Crippen LogP contribution >= 0.6 is 0 Å². The molecule has 0 heterocycles. The molecule has 0 bridgehead atoms. The Kier molecular flexibility index (Phi) is 4.71. The molecule has 1 aliphatic rings. The smallest absolute Gasteiger partial charge is 0.313 e. The van der Waals surface area contributed by atoms with Gasteiger partial charge in [-0.05, 0) is 25.0 Å². The average Bonchev–Trinajstić information content (AvgIpc) is 2.49. The number of hydrogen-bond acceptors (Lipinski definition) is 2. The van der Waals surface area contributed by atoms with Gasteiger partial charge in [0.15, 0.2) is 0 Å². The zero-order valence-corrected chi connectivity index (χ0v) is 11.6. The molecule has 2 rings (SSSR count). The molecular formula is C15H19FN2O2. The minimum atomic E-state index is -0.789. The molecule has 5 heteroatoms. The van der Waals surface area contributed by atoms with Gasteiger partial charge in [-0.25, -0.2) is 4.39 Å². The van der Waals surface area contributed by atoms with Crippen LogP contribution in [0.2, 0.25) is 0 Å². The van der Waals surface area contributed by atoms with Crippen LogP contribution in [0.1, 0.15) is 32.1 Å². The van der Waals surface area contributed by atoms with E-state index in [0.29, 0.717) is 0 Å². The summed E-state index contributed by atoms with van der Waals surface area (Å²) in [6.07, 6.45) is 5.19. The minimum Gasteiger partial charge on any atom is -0.335 e. The number of carbonyl (C=O) groups excluding carboxylic acids is 2. The van der Waals surface area contributed by atoms with E-state index in [2.05, 4.69) is 5.32 Å². The van der Waals surface area contributed by atoms with E-state index < -0.39 is 17.6 Å². The molecule has 0 saturated heterocycles. The van der Waals surface area contributed by atoms with Crippen LogP contribution in [-0.4, -0.2) is 29.8 Å². The van der Waals surface area contributed by atoms with Crippen LogP contribution in [0.5, 0.6) is 0 Å². The fraction of sp³-hybridized carbons (Fsp3) is 0.467. The van der Waals surface area contributed by atoms with E-state index in [1.807, 2.05) is 0 Å². The van der Waals surface area contributed by atoms with E-state index >= 15 is 0 Å². The number of benzene rings is 1. The monoisotopic (exact) mass is 278 g/mol. The number of halogens is 1. The van der Waals surface area contributed by atoms with Gasteiger partial charge in [-0.3, -0.25) is 9.59 Å². The molecule has 4 nitrogen and oxygen atoms in total. The lowest BCUT2D eigenvalue weighted by molar-refractivity contribution is -0.144. The van der Waals surface area contributed by atoms with Gasteiger partial charge < -0.3 is 10.2 Å². The van der Waals surface area contributed by atoms with E-state index in [-0.39, 0.29) is 11.7 Å². The SMILES string of the molecule is CN(C(=O)C(=O)Nc1ccccc1F)C1CCCCC1. The van der Waals surface area contributed by atoms with Crippen molar-refractivity contribution in [3.63, 3.8) is 0 Å². The van der Waals surface area contributed by atoms with Crippen LogP contribution in [0.4, 0.5) is 10.1 Å². The van der Waals surface area contributed by atoms with Gasteiger partial charge in [-0.2, -0.15) is 0 Å². The molecular weight excluding hydrogens is 259 g/mol. The summed E-state index contributed by atoms with van der Waals surface area (Å²) in [5, 5.41) is 2.32. The highest BCUT2D eigenvalue weighted by molar-refractivity contribution is 6.39. The molecule has 1 fully saturated rings. The lowest BCUT2D eigenvalue weighted by atomic mass is 9.94. The quantitative estimate of drug-likeness (QED) is 0.845. The van der Waals surface area contributed by atoms with Crippen molar-refractivity contribution in [2.75, 3.05) is 12.4 Å². The fourth-order valence-corrected chi connectivity index (χ4v) is 2.53. The normalized spacial score (nSPS) is 15.7. The Balaban J connectivity index is 1.98. The summed E-state index contributed by atoms with van der Waals surface area (Å²) in [5.41, 5.74) is 0.0305. The topological polar surface area (TPSA) is 49.4 Å². The molecule has 0 aromatic heterocycles. The molecule has 0 radical (unpaired) electrons. The summed E-state index contributed by atoms with van der Waals surface area (Å²) in [6, 6.07) is 5.92. The molecule has 1 aliphatic carbocycles. The van der Waals surface area contributed by atoms with E-state index in [0.717, 1.165) is 25.7 Å². The molecule has 1 N–H and O–H groups in total. The molecule has 1 saturated carbocycles. The molecule has 2 amide bonds. The number of para-hydroxylation sites is 1. The third kappa shape index (κ3) is 3.35. The van der Waals surface area contributed by atoms with Crippen molar-refractivity contribution in [1.82, 2.24) is 4.90 Å². The van der Waals surface area contributed by atoms with E-state index in [1.165, 1.54) is 29.5 Å². The first-order valence-corrected chi connectivity index (χ1v) is 6.92. The second kappa shape index (κ2) is 6.50. The Bertz CT molecular complexity index is 498. The van der Waals surface area contributed by atoms with Crippen molar-refractivity contribution >= 4 is 17.5 Å². The molecule has 20 heavy (non-hydrogen) atoms. The molecule has 0 unspecified atom stereocenters. The molecule has 108 valence electrons. The van der Waals surface area contributed by atoms with Crippen LogP contribution in [0.25, 0.3) is 0 Å². The molecule has 1 aromatic carbocycles. The van der Waals surface area contributed by atoms with E-state index in [1.54, 1.807) is 13.1 Å². The summed E-state index contributed by atoms with van der Waals surface area (Å²) in [5.74, 6) is -1.95. The van der Waals surface area contributed by atoms with Crippen LogP contribution in [0.3, 0.4) is 0 Å². The lowest BCUT2D eigenvalue weighted by Gasteiger charge is -2.30. The predicted octanol–water partition coefficient (Wildman–Crippen LogP) is 2.56. The van der Waals surface area contributed by atoms with Crippen molar-refractivity contribution in [2.24, 2.45) is 0 Å². The second-order valence-corrected chi connectivity index (χ2v) is 5.14. The third-order valence-electron chi connectivity index (χ3n) is 3.76. The van der Waals surface area contributed by atoms with E-state index in [4.69, 9.17) is 0 Å². The number of nitrogens with one attached hydrogen (secondary N) is 1. The van der Waals surface area contributed by atoms with Crippen molar-refractivity contribution in [2.45, 2.75) is 38.1 Å². The fourth-order valence-electron chi connectivity index (χ4n) is 2.53. The highest BCUT2D eigenvalue weighted by atomic mass is 19.1. The second-order valence-electron chi connectivity index (χ2n) is 5.14. The number of likely N-dealkylation sites (N-methyl/N-ethyl adjacent to an activating group) is 1. The van der Waals surface area contributed by atoms with Gasteiger partial charge in [0.25, 0.3) is 0 Å². The first-order chi connectivity index (χ1) is 9.59. The average molecular weight is 278 g/mol. The van der Waals surface area contributed by atoms with Crippen LogP contribution in [-0.2, 0) is 9.59 Å². The number of rotatable bonds is 2. The first-order valence-electron chi connectivity index (χ1n) is 6.92. The Morgan fingerprint density at radius 1 is 1.20 bits per heavy atom. The van der Waals surface area contributed by atoms with Gasteiger partial charge in [-0.15, -0.1) is 0 Å². The Hall–Kier alpha value is -1.91. The summed E-state index contributed by atoms with van der Waals surface area (Å²) >= 11 is 0. The Morgan fingerprint density at radius 2 is 1.85 bits per heavy atom. The van der Waals surface area contributed by atoms with Crippen LogP contribution in [0.15, 0.2) is 24.3 Å². The maximum absolute atomic E-state index is 13.4. The third-order valence-corrected chi connectivity index (χ3v) is 3.76. The van der Waals surface area contributed by atoms with Gasteiger partial charge in [-0.1, -0.05) is 31.4 Å². The number of hydrogen-bond donors (Lipinski definition) is 1. The maximum atomic E-state index is 13.4. The van der Waals surface area contributed by atoms with Gasteiger partial charge in [0, 0.05) is 13.1 Å². The van der Waals surface area contributed by atoms with Crippen molar-refractivity contribution < 1.29 is 14.0 Å². The zero-order valence-electron chi connectivity index (χ0n) is 11.6. The lowest BCUT2D eigenvalue weighted by Crippen LogP contribution is -2.44. The largest absolute Gasteiger partial charge is 0.335 e. The summed E-state index contributed by atoms with van der Waals surface area (Å²) in [6.45, 7) is 0. The highest BCUT2D eigenvalue weighted by Gasteiger charge is 2.26. The van der Waals surface area contributed by atoms with Gasteiger partial charge >= 0.3 is 11.8 Å². The maximum Gasteiger partial charge on any atom is 0.313 e. The first kappa shape index (κ1) is 14.5. The van der Waals surface area contributed by atoms with Crippen LogP contribution in [0, 0.1) is 5.82 Å². The summed E-state index contributed by atoms with van der Waals surface area (Å²) < 4.78 is 13.4. The summed E-state index contributed by atoms with van der Waals surface area (Å²) in [7, 11) is 1.64. The molecule has 0 aliphatic heterocycles. The number of carbonyl (C=O) groups is 2. The highest BCUT2D eigenvalue weighted by Crippen LogP contribution is 2.22. The number of amides is 2. The summed E-state index contributed by atoms with van der Waals surface area (Å²) in [4.78, 5) is 25.4.